The molecule has 0 atom stereocenters. The molecule has 0 aliphatic rings. The van der Waals surface area contributed by atoms with Gasteiger partial charge in [-0.1, -0.05) is 29.5 Å². The average Bonchev–Trinajstić information content (AvgIpc) is 3.06. The van der Waals surface area contributed by atoms with Crippen molar-refractivity contribution in [1.29, 1.82) is 0 Å². The Bertz CT molecular complexity index is 1180. The highest BCUT2D eigenvalue weighted by Crippen LogP contribution is 2.16. The number of hydrogen-bond acceptors (Lipinski definition) is 4. The lowest BCUT2D eigenvalue weighted by molar-refractivity contribution is 0.595. The number of benzene rings is 2. The first-order valence-corrected chi connectivity index (χ1v) is 8.16. The lowest BCUT2D eigenvalue weighted by atomic mass is 10.1. The van der Waals surface area contributed by atoms with E-state index < -0.39 is 0 Å². The van der Waals surface area contributed by atoms with E-state index in [4.69, 9.17) is 0 Å². The molecule has 0 amide bonds. The van der Waals surface area contributed by atoms with Crippen LogP contribution in [0.15, 0.2) is 53.6 Å². The zero-order valence-corrected chi connectivity index (χ0v) is 14.3. The van der Waals surface area contributed by atoms with Gasteiger partial charge in [0.15, 0.2) is 11.2 Å². The van der Waals surface area contributed by atoms with Crippen LogP contribution < -0.4 is 5.56 Å². The van der Waals surface area contributed by atoms with Gasteiger partial charge in [0.25, 0.3) is 5.56 Å². The molecule has 7 heteroatoms. The maximum atomic E-state index is 13.8. The predicted octanol–water partition coefficient (Wildman–Crippen LogP) is 2.78. The molecule has 4 rings (SSSR count). The van der Waals surface area contributed by atoms with Crippen LogP contribution in [-0.2, 0) is 6.54 Å². The molecule has 2 aromatic heterocycles. The minimum Gasteiger partial charge on any atom is -0.293 e. The zero-order chi connectivity index (χ0) is 18.3. The third kappa shape index (κ3) is 2.67. The van der Waals surface area contributed by atoms with Crippen LogP contribution in [0, 0.1) is 19.7 Å². The van der Waals surface area contributed by atoms with Crippen LogP contribution >= 0.6 is 0 Å². The molecular formula is C19H16FN5O. The second-order valence-electron chi connectivity index (χ2n) is 6.21. The molecule has 0 spiro atoms. The lowest BCUT2D eigenvalue weighted by Gasteiger charge is -2.07. The largest absolute Gasteiger partial charge is 0.293 e. The summed E-state index contributed by atoms with van der Waals surface area (Å²) >= 11 is 0. The van der Waals surface area contributed by atoms with Crippen molar-refractivity contribution in [3.63, 3.8) is 0 Å². The van der Waals surface area contributed by atoms with Crippen molar-refractivity contribution in [3.8, 4) is 5.69 Å². The Morgan fingerprint density at radius 3 is 2.65 bits per heavy atom. The number of hydrogen-bond donors (Lipinski definition) is 0. The van der Waals surface area contributed by atoms with Crippen molar-refractivity contribution in [2.45, 2.75) is 20.4 Å². The van der Waals surface area contributed by atoms with Crippen molar-refractivity contribution < 1.29 is 4.39 Å². The third-order valence-corrected chi connectivity index (χ3v) is 4.46. The first-order chi connectivity index (χ1) is 12.5. The van der Waals surface area contributed by atoms with Gasteiger partial charge in [-0.25, -0.2) is 9.37 Å². The summed E-state index contributed by atoms with van der Waals surface area (Å²) in [4.78, 5) is 17.0. The minimum absolute atomic E-state index is 0.0882. The van der Waals surface area contributed by atoms with Crippen molar-refractivity contribution in [1.82, 2.24) is 24.5 Å². The molecule has 0 N–H and O–H groups in total. The van der Waals surface area contributed by atoms with E-state index in [9.17, 15) is 9.18 Å². The number of aromatic nitrogens is 5. The summed E-state index contributed by atoms with van der Waals surface area (Å²) in [5, 5.41) is 8.07. The molecule has 0 fully saturated rings. The molecule has 0 saturated heterocycles. The Labute approximate surface area is 148 Å². The van der Waals surface area contributed by atoms with Crippen molar-refractivity contribution in [2.75, 3.05) is 0 Å². The van der Waals surface area contributed by atoms with E-state index in [1.54, 1.807) is 18.2 Å². The van der Waals surface area contributed by atoms with Crippen LogP contribution in [0.5, 0.6) is 0 Å². The molecule has 0 unspecified atom stereocenters. The number of nitrogens with zero attached hydrogens (tertiary/aromatic N) is 5. The Hall–Kier alpha value is -3.35. The van der Waals surface area contributed by atoms with Crippen molar-refractivity contribution in [2.24, 2.45) is 0 Å². The molecular weight excluding hydrogens is 333 g/mol. The fraction of sp³-hybridized carbons (Fsp3) is 0.158. The van der Waals surface area contributed by atoms with Gasteiger partial charge in [0.1, 0.15) is 12.1 Å². The molecule has 0 bridgehead atoms. The second kappa shape index (κ2) is 6.18. The standard InChI is InChI=1S/C19H16FN5O/c1-12-7-8-15(9-13(12)2)25-18-17(22-23-25)19(26)24(11-21-18)10-14-5-3-4-6-16(14)20/h3-9,11H,10H2,1-2H3. The number of halogens is 1. The zero-order valence-electron chi connectivity index (χ0n) is 14.3. The number of fused-ring (bicyclic) bond motifs is 1. The van der Waals surface area contributed by atoms with Gasteiger partial charge in [0.2, 0.25) is 0 Å². The highest BCUT2D eigenvalue weighted by Gasteiger charge is 2.14. The molecule has 4 aromatic rings. The Morgan fingerprint density at radius 1 is 1.08 bits per heavy atom. The maximum absolute atomic E-state index is 13.8. The van der Waals surface area contributed by atoms with Crippen molar-refractivity contribution in [3.05, 3.63) is 81.7 Å². The molecule has 0 saturated carbocycles. The van der Waals surface area contributed by atoms with Gasteiger partial charge in [-0.05, 0) is 43.2 Å². The Balaban J connectivity index is 1.79. The molecule has 2 heterocycles. The summed E-state index contributed by atoms with van der Waals surface area (Å²) < 4.78 is 16.7. The van der Waals surface area contributed by atoms with E-state index in [1.165, 1.54) is 27.2 Å². The van der Waals surface area contributed by atoms with Gasteiger partial charge in [-0.15, -0.1) is 5.10 Å². The Kier molecular flexibility index (Phi) is 3.84. The molecule has 6 nitrogen and oxygen atoms in total. The molecule has 0 aliphatic heterocycles. The van der Waals surface area contributed by atoms with E-state index >= 15 is 0 Å². The fourth-order valence-electron chi connectivity index (χ4n) is 2.80. The molecule has 130 valence electrons. The third-order valence-electron chi connectivity index (χ3n) is 4.46. The average molecular weight is 349 g/mol. The van der Waals surface area contributed by atoms with E-state index in [-0.39, 0.29) is 23.4 Å². The van der Waals surface area contributed by atoms with Crippen LogP contribution in [0.25, 0.3) is 16.9 Å². The topological polar surface area (TPSA) is 65.6 Å². The lowest BCUT2D eigenvalue weighted by Crippen LogP contribution is -2.22. The first kappa shape index (κ1) is 16.1. The number of aryl methyl sites for hydroxylation is 2. The normalized spacial score (nSPS) is 11.2. The van der Waals surface area contributed by atoms with Gasteiger partial charge < -0.3 is 0 Å². The van der Waals surface area contributed by atoms with E-state index in [1.807, 2.05) is 32.0 Å². The van der Waals surface area contributed by atoms with E-state index in [0.29, 0.717) is 11.2 Å². The van der Waals surface area contributed by atoms with Gasteiger partial charge in [-0.3, -0.25) is 9.36 Å². The Morgan fingerprint density at radius 2 is 1.88 bits per heavy atom. The van der Waals surface area contributed by atoms with Gasteiger partial charge in [0.05, 0.1) is 12.2 Å². The molecule has 0 aliphatic carbocycles. The molecule has 2 aromatic carbocycles. The van der Waals surface area contributed by atoms with Crippen LogP contribution in [0.1, 0.15) is 16.7 Å². The van der Waals surface area contributed by atoms with Crippen LogP contribution in [0.4, 0.5) is 4.39 Å². The van der Waals surface area contributed by atoms with Gasteiger partial charge in [-0.2, -0.15) is 4.68 Å². The summed E-state index contributed by atoms with van der Waals surface area (Å²) in [7, 11) is 0. The van der Waals surface area contributed by atoms with E-state index in [0.717, 1.165) is 11.3 Å². The molecule has 0 radical (unpaired) electrons. The van der Waals surface area contributed by atoms with Crippen LogP contribution in [0.3, 0.4) is 0 Å². The quantitative estimate of drug-likeness (QED) is 0.570. The van der Waals surface area contributed by atoms with Gasteiger partial charge >= 0.3 is 0 Å². The minimum atomic E-state index is -0.363. The summed E-state index contributed by atoms with van der Waals surface area (Å²) in [6, 6.07) is 12.2. The van der Waals surface area contributed by atoms with Gasteiger partial charge in [0, 0.05) is 5.56 Å². The SMILES string of the molecule is Cc1ccc(-n2nnc3c(=O)n(Cc4ccccc4F)cnc32)cc1C. The van der Waals surface area contributed by atoms with Crippen LogP contribution in [0.2, 0.25) is 0 Å². The maximum Gasteiger partial charge on any atom is 0.283 e. The summed E-state index contributed by atoms with van der Waals surface area (Å²) in [6.45, 7) is 4.12. The monoisotopic (exact) mass is 349 g/mol. The highest BCUT2D eigenvalue weighted by molar-refractivity contribution is 5.70. The number of rotatable bonds is 3. The second-order valence-corrected chi connectivity index (χ2v) is 6.21. The smallest absolute Gasteiger partial charge is 0.283 e. The summed E-state index contributed by atoms with van der Waals surface area (Å²) in [5.41, 5.74) is 3.66. The summed E-state index contributed by atoms with van der Waals surface area (Å²) in [5.74, 6) is -0.363. The fourth-order valence-corrected chi connectivity index (χ4v) is 2.80. The first-order valence-electron chi connectivity index (χ1n) is 8.16. The predicted molar refractivity (Wildman–Crippen MR) is 95.9 cm³/mol. The van der Waals surface area contributed by atoms with Crippen molar-refractivity contribution >= 4 is 11.2 Å². The molecule has 26 heavy (non-hydrogen) atoms. The highest BCUT2D eigenvalue weighted by atomic mass is 19.1. The van der Waals surface area contributed by atoms with E-state index in [2.05, 4.69) is 15.3 Å². The van der Waals surface area contributed by atoms with Crippen LogP contribution in [-0.4, -0.2) is 24.5 Å². The summed E-state index contributed by atoms with van der Waals surface area (Å²) in [6.07, 6.45) is 1.40.